The number of hydrogen-bond acceptors (Lipinski definition) is 6. The van der Waals surface area contributed by atoms with Crippen molar-refractivity contribution in [3.05, 3.63) is 21.6 Å². The summed E-state index contributed by atoms with van der Waals surface area (Å²) in [7, 11) is 0. The van der Waals surface area contributed by atoms with Gasteiger partial charge in [0, 0.05) is 26.2 Å². The Kier molecular flexibility index (Phi) is 5.98. The fourth-order valence-corrected chi connectivity index (χ4v) is 3.02. The molecule has 0 unspecified atom stereocenters. The molecule has 0 bridgehead atoms. The number of hydrogen-bond donors (Lipinski definition) is 2. The van der Waals surface area contributed by atoms with Gasteiger partial charge in [0.1, 0.15) is 11.6 Å². The third-order valence-corrected chi connectivity index (χ3v) is 4.23. The van der Waals surface area contributed by atoms with Gasteiger partial charge in [-0.1, -0.05) is 25.1 Å². The monoisotopic (exact) mass is 321 g/mol. The van der Waals surface area contributed by atoms with Crippen LogP contribution in [0.5, 0.6) is 0 Å². The Morgan fingerprint density at radius 1 is 1.45 bits per heavy atom. The Balaban J connectivity index is 2.05. The number of amides is 1. The number of nitriles is 1. The summed E-state index contributed by atoms with van der Waals surface area (Å²) in [6, 6.07) is 1.89. The standard InChI is InChI=1S/C14H19N5O2S/c1-2-3-11-10(8-15)13(21)18-14(17-11)22-9-12(20)19-6-4-16-5-7-19/h16H,2-7,9H2,1H3,(H,17,18,21). The molecule has 2 heterocycles. The molecule has 0 saturated carbocycles. The van der Waals surface area contributed by atoms with Gasteiger partial charge >= 0.3 is 0 Å². The predicted molar refractivity (Wildman–Crippen MR) is 83.7 cm³/mol. The lowest BCUT2D eigenvalue weighted by atomic mass is 10.1. The fourth-order valence-electron chi connectivity index (χ4n) is 2.23. The van der Waals surface area contributed by atoms with Gasteiger partial charge in [0.2, 0.25) is 5.91 Å². The minimum Gasteiger partial charge on any atom is -0.339 e. The quantitative estimate of drug-likeness (QED) is 0.590. The van der Waals surface area contributed by atoms with Crippen LogP contribution in [0.25, 0.3) is 0 Å². The molecule has 1 aromatic rings. The molecular weight excluding hydrogens is 302 g/mol. The van der Waals surface area contributed by atoms with Crippen molar-refractivity contribution in [2.45, 2.75) is 24.9 Å². The number of thioether (sulfide) groups is 1. The number of piperazine rings is 1. The zero-order valence-electron chi connectivity index (χ0n) is 12.5. The molecular formula is C14H19N5O2S. The molecule has 1 amide bonds. The van der Waals surface area contributed by atoms with Crippen molar-refractivity contribution in [3.8, 4) is 6.07 Å². The molecule has 1 saturated heterocycles. The third-order valence-electron chi connectivity index (χ3n) is 3.37. The van der Waals surface area contributed by atoms with Crippen molar-refractivity contribution < 1.29 is 4.79 Å². The van der Waals surface area contributed by atoms with Gasteiger partial charge in [-0.15, -0.1) is 0 Å². The van der Waals surface area contributed by atoms with Crippen LogP contribution in [0.1, 0.15) is 24.6 Å². The first-order valence-electron chi connectivity index (χ1n) is 7.30. The largest absolute Gasteiger partial charge is 0.339 e. The van der Waals surface area contributed by atoms with Crippen LogP contribution in [-0.4, -0.2) is 52.7 Å². The molecule has 0 aliphatic carbocycles. The first-order chi connectivity index (χ1) is 10.7. The molecule has 1 fully saturated rings. The van der Waals surface area contributed by atoms with Crippen molar-refractivity contribution in [1.29, 1.82) is 5.26 Å². The van der Waals surface area contributed by atoms with Crippen molar-refractivity contribution in [2.24, 2.45) is 0 Å². The number of carbonyl (C=O) groups excluding carboxylic acids is 1. The highest BCUT2D eigenvalue weighted by Gasteiger charge is 2.17. The lowest BCUT2D eigenvalue weighted by molar-refractivity contribution is -0.128. The molecule has 1 aromatic heterocycles. The van der Waals surface area contributed by atoms with Crippen LogP contribution >= 0.6 is 11.8 Å². The van der Waals surface area contributed by atoms with Crippen LogP contribution in [0, 0.1) is 11.3 Å². The molecule has 0 aromatic carbocycles. The Morgan fingerprint density at radius 2 is 2.18 bits per heavy atom. The maximum absolute atomic E-state index is 12.1. The second-order valence-electron chi connectivity index (χ2n) is 4.97. The summed E-state index contributed by atoms with van der Waals surface area (Å²) >= 11 is 1.21. The Morgan fingerprint density at radius 3 is 2.82 bits per heavy atom. The van der Waals surface area contributed by atoms with E-state index in [0.29, 0.717) is 30.4 Å². The minimum absolute atomic E-state index is 0.0375. The van der Waals surface area contributed by atoms with Crippen molar-refractivity contribution in [1.82, 2.24) is 20.2 Å². The zero-order valence-corrected chi connectivity index (χ0v) is 13.3. The van der Waals surface area contributed by atoms with E-state index in [9.17, 15) is 9.59 Å². The average Bonchev–Trinajstić information content (AvgIpc) is 2.53. The molecule has 1 aliphatic rings. The van der Waals surface area contributed by atoms with E-state index in [-0.39, 0.29) is 17.2 Å². The summed E-state index contributed by atoms with van der Waals surface area (Å²) in [5.41, 5.74) is 0.142. The van der Waals surface area contributed by atoms with E-state index >= 15 is 0 Å². The van der Waals surface area contributed by atoms with Crippen LogP contribution in [0.2, 0.25) is 0 Å². The number of H-pyrrole nitrogens is 1. The number of nitrogens with one attached hydrogen (secondary N) is 2. The molecule has 2 rings (SSSR count). The van der Waals surface area contributed by atoms with E-state index in [1.54, 1.807) is 4.90 Å². The lowest BCUT2D eigenvalue weighted by Crippen LogP contribution is -2.47. The summed E-state index contributed by atoms with van der Waals surface area (Å²) in [5.74, 6) is 0.274. The zero-order chi connectivity index (χ0) is 15.9. The van der Waals surface area contributed by atoms with Crippen LogP contribution in [0.4, 0.5) is 0 Å². The van der Waals surface area contributed by atoms with Crippen LogP contribution < -0.4 is 10.9 Å². The van der Waals surface area contributed by atoms with Crippen LogP contribution in [0.15, 0.2) is 9.95 Å². The maximum atomic E-state index is 12.1. The molecule has 7 nitrogen and oxygen atoms in total. The number of aryl methyl sites for hydroxylation is 1. The predicted octanol–water partition coefficient (Wildman–Crippen LogP) is 0.118. The first kappa shape index (κ1) is 16.5. The highest BCUT2D eigenvalue weighted by molar-refractivity contribution is 7.99. The maximum Gasteiger partial charge on any atom is 0.269 e. The molecule has 22 heavy (non-hydrogen) atoms. The molecule has 0 radical (unpaired) electrons. The third kappa shape index (κ3) is 4.08. The minimum atomic E-state index is -0.432. The highest BCUT2D eigenvalue weighted by atomic mass is 32.2. The van der Waals surface area contributed by atoms with Gasteiger partial charge in [-0.05, 0) is 6.42 Å². The van der Waals surface area contributed by atoms with E-state index in [1.165, 1.54) is 11.8 Å². The number of aromatic amines is 1. The number of aromatic nitrogens is 2. The number of rotatable bonds is 5. The van der Waals surface area contributed by atoms with Gasteiger partial charge in [-0.25, -0.2) is 4.98 Å². The molecule has 0 spiro atoms. The van der Waals surface area contributed by atoms with Crippen LogP contribution in [0.3, 0.4) is 0 Å². The Bertz CT molecular complexity index is 631. The smallest absolute Gasteiger partial charge is 0.269 e. The van der Waals surface area contributed by atoms with E-state index < -0.39 is 5.56 Å². The summed E-state index contributed by atoms with van der Waals surface area (Å²) < 4.78 is 0. The van der Waals surface area contributed by atoms with E-state index in [1.807, 2.05) is 13.0 Å². The number of nitrogens with zero attached hydrogens (tertiary/aromatic N) is 3. The summed E-state index contributed by atoms with van der Waals surface area (Å²) in [4.78, 5) is 32.7. The van der Waals surface area contributed by atoms with Gasteiger partial charge in [0.05, 0.1) is 11.4 Å². The van der Waals surface area contributed by atoms with Crippen LogP contribution in [-0.2, 0) is 11.2 Å². The van der Waals surface area contributed by atoms with Crippen molar-refractivity contribution in [2.75, 3.05) is 31.9 Å². The van der Waals surface area contributed by atoms with Gasteiger partial charge in [0.15, 0.2) is 5.16 Å². The number of carbonyl (C=O) groups is 1. The molecule has 118 valence electrons. The van der Waals surface area contributed by atoms with Gasteiger partial charge in [-0.2, -0.15) is 5.26 Å². The fraction of sp³-hybridized carbons (Fsp3) is 0.571. The summed E-state index contributed by atoms with van der Waals surface area (Å²) in [6.07, 6.45) is 1.38. The van der Waals surface area contributed by atoms with E-state index in [0.717, 1.165) is 19.5 Å². The molecule has 1 aliphatic heterocycles. The summed E-state index contributed by atoms with van der Waals surface area (Å²) in [6.45, 7) is 4.99. The first-order valence-corrected chi connectivity index (χ1v) is 8.28. The lowest BCUT2D eigenvalue weighted by Gasteiger charge is -2.27. The van der Waals surface area contributed by atoms with Gasteiger partial charge in [-0.3, -0.25) is 9.59 Å². The molecule has 8 heteroatoms. The van der Waals surface area contributed by atoms with E-state index in [4.69, 9.17) is 5.26 Å². The normalized spacial score (nSPS) is 14.6. The van der Waals surface area contributed by atoms with Gasteiger partial charge < -0.3 is 15.2 Å². The second-order valence-corrected chi connectivity index (χ2v) is 5.94. The Labute approximate surface area is 133 Å². The highest BCUT2D eigenvalue weighted by Crippen LogP contribution is 2.14. The molecule has 0 atom stereocenters. The molecule has 2 N–H and O–H groups in total. The van der Waals surface area contributed by atoms with Crippen molar-refractivity contribution >= 4 is 17.7 Å². The second kappa shape index (κ2) is 7.96. The SMILES string of the molecule is CCCc1nc(SCC(=O)N2CCNCC2)[nH]c(=O)c1C#N. The summed E-state index contributed by atoms with van der Waals surface area (Å²) in [5, 5.41) is 12.6. The average molecular weight is 321 g/mol. The Hall–Kier alpha value is -1.85. The van der Waals surface area contributed by atoms with Gasteiger partial charge in [0.25, 0.3) is 5.56 Å². The van der Waals surface area contributed by atoms with Crippen molar-refractivity contribution in [3.63, 3.8) is 0 Å². The topological polar surface area (TPSA) is 102 Å². The van der Waals surface area contributed by atoms with E-state index in [2.05, 4.69) is 15.3 Å².